The van der Waals surface area contributed by atoms with Crippen LogP contribution >= 0.6 is 0 Å². The van der Waals surface area contributed by atoms with Crippen LogP contribution in [0.25, 0.3) is 5.57 Å². The van der Waals surface area contributed by atoms with Crippen molar-refractivity contribution in [3.8, 4) is 5.75 Å². The van der Waals surface area contributed by atoms with Crippen molar-refractivity contribution >= 4 is 5.57 Å². The lowest BCUT2D eigenvalue weighted by molar-refractivity contribution is 0.475. The van der Waals surface area contributed by atoms with Crippen molar-refractivity contribution in [2.75, 3.05) is 0 Å². The van der Waals surface area contributed by atoms with Gasteiger partial charge in [0.1, 0.15) is 5.75 Å². The average Bonchev–Trinajstić information content (AvgIpc) is 2.25. The monoisotopic (exact) mass is 204 g/mol. The van der Waals surface area contributed by atoms with Crippen molar-refractivity contribution < 1.29 is 5.11 Å². The van der Waals surface area contributed by atoms with E-state index in [4.69, 9.17) is 5.11 Å². The fourth-order valence-corrected chi connectivity index (χ4v) is 1.56. The molecule has 1 aromatic rings. The van der Waals surface area contributed by atoms with Crippen molar-refractivity contribution in [1.82, 2.24) is 0 Å². The third kappa shape index (κ3) is 4.20. The van der Waals surface area contributed by atoms with E-state index in [0.29, 0.717) is 5.75 Å². The molecule has 0 spiro atoms. The Balaban J connectivity index is 2.52. The van der Waals surface area contributed by atoms with Gasteiger partial charge in [-0.1, -0.05) is 38.0 Å². The highest BCUT2D eigenvalue weighted by Crippen LogP contribution is 2.18. The van der Waals surface area contributed by atoms with Gasteiger partial charge in [-0.2, -0.15) is 0 Å². The molecule has 15 heavy (non-hydrogen) atoms. The second-order valence-corrected chi connectivity index (χ2v) is 3.93. The molecule has 0 aliphatic heterocycles. The van der Waals surface area contributed by atoms with E-state index in [-0.39, 0.29) is 0 Å². The normalized spacial score (nSPS) is 11.7. The predicted octanol–water partition coefficient (Wildman–Crippen LogP) is 4.38. The maximum absolute atomic E-state index is 9.17. The first-order valence-electron chi connectivity index (χ1n) is 5.70. The minimum absolute atomic E-state index is 0.331. The number of rotatable bonds is 5. The first kappa shape index (κ1) is 11.8. The Labute approximate surface area is 92.5 Å². The van der Waals surface area contributed by atoms with Gasteiger partial charge < -0.3 is 5.11 Å². The SMILES string of the molecule is CCCCCC=C(C)c1ccc(O)cc1. The van der Waals surface area contributed by atoms with E-state index in [0.717, 1.165) is 6.42 Å². The summed E-state index contributed by atoms with van der Waals surface area (Å²) in [6, 6.07) is 7.39. The molecular formula is C14H20O. The first-order chi connectivity index (χ1) is 7.24. The first-order valence-corrected chi connectivity index (χ1v) is 5.70. The number of allylic oxidation sites excluding steroid dienone is 2. The van der Waals surface area contributed by atoms with Gasteiger partial charge in [-0.25, -0.2) is 0 Å². The molecule has 0 amide bonds. The maximum Gasteiger partial charge on any atom is 0.115 e. The lowest BCUT2D eigenvalue weighted by atomic mass is 10.1. The Morgan fingerprint density at radius 1 is 1.20 bits per heavy atom. The van der Waals surface area contributed by atoms with E-state index < -0.39 is 0 Å². The van der Waals surface area contributed by atoms with Gasteiger partial charge in [0.05, 0.1) is 0 Å². The quantitative estimate of drug-likeness (QED) is 0.706. The molecule has 1 rings (SSSR count). The Hall–Kier alpha value is -1.24. The van der Waals surface area contributed by atoms with E-state index in [9.17, 15) is 0 Å². The molecule has 0 bridgehead atoms. The summed E-state index contributed by atoms with van der Waals surface area (Å²) in [4.78, 5) is 0. The van der Waals surface area contributed by atoms with Crippen LogP contribution in [-0.2, 0) is 0 Å². The van der Waals surface area contributed by atoms with Crippen LogP contribution in [0, 0.1) is 0 Å². The number of unbranched alkanes of at least 4 members (excludes halogenated alkanes) is 3. The van der Waals surface area contributed by atoms with Crippen LogP contribution in [0.1, 0.15) is 45.1 Å². The average molecular weight is 204 g/mol. The Morgan fingerprint density at radius 2 is 1.87 bits per heavy atom. The molecule has 82 valence electrons. The topological polar surface area (TPSA) is 20.2 Å². The molecule has 0 aliphatic rings. The molecule has 1 N–H and O–H groups in total. The Morgan fingerprint density at radius 3 is 2.47 bits per heavy atom. The number of hydrogen-bond donors (Lipinski definition) is 1. The summed E-state index contributed by atoms with van der Waals surface area (Å²) in [5, 5.41) is 9.17. The summed E-state index contributed by atoms with van der Waals surface area (Å²) >= 11 is 0. The smallest absolute Gasteiger partial charge is 0.115 e. The van der Waals surface area contributed by atoms with Gasteiger partial charge in [-0.3, -0.25) is 0 Å². The standard InChI is InChI=1S/C14H20O/c1-3-4-5-6-7-12(2)13-8-10-14(15)11-9-13/h7-11,15H,3-6H2,1-2H3. The van der Waals surface area contributed by atoms with Crippen LogP contribution in [0.15, 0.2) is 30.3 Å². The molecule has 1 heteroatoms. The van der Waals surface area contributed by atoms with E-state index in [2.05, 4.69) is 19.9 Å². The third-order valence-electron chi connectivity index (χ3n) is 2.58. The maximum atomic E-state index is 9.17. The summed E-state index contributed by atoms with van der Waals surface area (Å²) in [6.07, 6.45) is 7.28. The van der Waals surface area contributed by atoms with Gasteiger partial charge in [-0.05, 0) is 43.0 Å². The Kier molecular flexibility index (Phi) is 4.96. The van der Waals surface area contributed by atoms with Crippen LogP contribution < -0.4 is 0 Å². The molecule has 1 nitrogen and oxygen atoms in total. The molecule has 0 unspecified atom stereocenters. The number of phenolic OH excluding ortho intramolecular Hbond substituents is 1. The molecule has 0 heterocycles. The number of benzene rings is 1. The summed E-state index contributed by atoms with van der Waals surface area (Å²) in [5.74, 6) is 0.331. The van der Waals surface area contributed by atoms with Crippen LogP contribution in [0.4, 0.5) is 0 Å². The van der Waals surface area contributed by atoms with Crippen molar-refractivity contribution in [2.24, 2.45) is 0 Å². The zero-order chi connectivity index (χ0) is 11.1. The molecule has 1 aromatic carbocycles. The molecule has 0 aromatic heterocycles. The van der Waals surface area contributed by atoms with Crippen molar-refractivity contribution in [3.05, 3.63) is 35.9 Å². The summed E-state index contributed by atoms with van der Waals surface area (Å²) in [5.41, 5.74) is 2.50. The second kappa shape index (κ2) is 6.28. The molecule has 0 fully saturated rings. The largest absolute Gasteiger partial charge is 0.508 e. The summed E-state index contributed by atoms with van der Waals surface area (Å²) in [6.45, 7) is 4.34. The van der Waals surface area contributed by atoms with E-state index in [1.54, 1.807) is 12.1 Å². The lowest BCUT2D eigenvalue weighted by Gasteiger charge is -2.02. The highest BCUT2D eigenvalue weighted by atomic mass is 16.3. The zero-order valence-electron chi connectivity index (χ0n) is 9.66. The van der Waals surface area contributed by atoms with Crippen LogP contribution in [0.2, 0.25) is 0 Å². The molecule has 0 saturated heterocycles. The van der Waals surface area contributed by atoms with Crippen LogP contribution in [0.3, 0.4) is 0 Å². The molecule has 0 radical (unpaired) electrons. The van der Waals surface area contributed by atoms with Crippen molar-refractivity contribution in [1.29, 1.82) is 0 Å². The number of hydrogen-bond acceptors (Lipinski definition) is 1. The predicted molar refractivity (Wildman–Crippen MR) is 65.9 cm³/mol. The van der Waals surface area contributed by atoms with Gasteiger partial charge in [0.15, 0.2) is 0 Å². The molecule has 0 aliphatic carbocycles. The fourth-order valence-electron chi connectivity index (χ4n) is 1.56. The van der Waals surface area contributed by atoms with Crippen LogP contribution in [-0.4, -0.2) is 5.11 Å². The van der Waals surface area contributed by atoms with Gasteiger partial charge in [0, 0.05) is 0 Å². The number of phenols is 1. The molecular weight excluding hydrogens is 184 g/mol. The zero-order valence-corrected chi connectivity index (χ0v) is 9.66. The highest BCUT2D eigenvalue weighted by Gasteiger charge is 1.95. The minimum Gasteiger partial charge on any atom is -0.508 e. The highest BCUT2D eigenvalue weighted by molar-refractivity contribution is 5.63. The third-order valence-corrected chi connectivity index (χ3v) is 2.58. The fraction of sp³-hybridized carbons (Fsp3) is 0.429. The summed E-state index contributed by atoms with van der Waals surface area (Å²) in [7, 11) is 0. The Bertz CT molecular complexity index is 309. The van der Waals surface area contributed by atoms with Gasteiger partial charge in [-0.15, -0.1) is 0 Å². The van der Waals surface area contributed by atoms with Gasteiger partial charge in [0.25, 0.3) is 0 Å². The van der Waals surface area contributed by atoms with Crippen molar-refractivity contribution in [2.45, 2.75) is 39.5 Å². The van der Waals surface area contributed by atoms with Gasteiger partial charge >= 0.3 is 0 Å². The number of aromatic hydroxyl groups is 1. The second-order valence-electron chi connectivity index (χ2n) is 3.93. The van der Waals surface area contributed by atoms with E-state index in [1.807, 2.05) is 12.1 Å². The van der Waals surface area contributed by atoms with E-state index in [1.165, 1.54) is 30.4 Å². The lowest BCUT2D eigenvalue weighted by Crippen LogP contribution is -1.79. The summed E-state index contributed by atoms with van der Waals surface area (Å²) < 4.78 is 0. The van der Waals surface area contributed by atoms with E-state index >= 15 is 0 Å². The van der Waals surface area contributed by atoms with Crippen molar-refractivity contribution in [3.63, 3.8) is 0 Å². The minimum atomic E-state index is 0.331. The molecule has 0 saturated carbocycles. The molecule has 0 atom stereocenters. The van der Waals surface area contributed by atoms with Gasteiger partial charge in [0.2, 0.25) is 0 Å². The van der Waals surface area contributed by atoms with Crippen LogP contribution in [0.5, 0.6) is 5.75 Å².